The van der Waals surface area contributed by atoms with E-state index in [1.54, 1.807) is 0 Å². The van der Waals surface area contributed by atoms with Gasteiger partial charge >= 0.3 is 0 Å². The molecule has 7 nitrogen and oxygen atoms in total. The maximum atomic E-state index is 12.7. The average molecular weight is 362 g/mol. The summed E-state index contributed by atoms with van der Waals surface area (Å²) in [4.78, 5) is 15.1. The molecule has 0 radical (unpaired) electrons. The van der Waals surface area contributed by atoms with E-state index in [0.29, 0.717) is 17.7 Å². The molecule has 0 spiro atoms. The number of hydrogen-bond acceptors (Lipinski definition) is 6. The van der Waals surface area contributed by atoms with E-state index in [1.807, 2.05) is 0 Å². The van der Waals surface area contributed by atoms with Crippen LogP contribution in [0.25, 0.3) is 0 Å². The first-order chi connectivity index (χ1) is 12.6. The van der Waals surface area contributed by atoms with Crippen molar-refractivity contribution >= 4 is 5.91 Å². The summed E-state index contributed by atoms with van der Waals surface area (Å²) in [5.74, 6) is 0.887. The molecule has 2 heterocycles. The lowest BCUT2D eigenvalue weighted by atomic mass is 10.1. The molecule has 4 rings (SSSR count). The van der Waals surface area contributed by atoms with Crippen molar-refractivity contribution in [3.8, 4) is 17.2 Å². The van der Waals surface area contributed by atoms with Crippen molar-refractivity contribution in [1.82, 2.24) is 10.2 Å². The van der Waals surface area contributed by atoms with Gasteiger partial charge in [-0.15, -0.1) is 0 Å². The lowest BCUT2D eigenvalue weighted by Gasteiger charge is -2.35. The summed E-state index contributed by atoms with van der Waals surface area (Å²) in [6.07, 6.45) is 3.84. The number of phenolic OH excluding ortho intramolecular Hbond substituents is 1. The van der Waals surface area contributed by atoms with Gasteiger partial charge in [-0.25, -0.2) is 0 Å². The number of nitrogens with zero attached hydrogens (tertiary/aromatic N) is 1. The number of benzene rings is 1. The van der Waals surface area contributed by atoms with Gasteiger partial charge in [-0.3, -0.25) is 9.69 Å². The molecule has 1 saturated carbocycles. The summed E-state index contributed by atoms with van der Waals surface area (Å²) in [6.45, 7) is 2.59. The molecule has 2 aliphatic heterocycles. The lowest BCUT2D eigenvalue weighted by molar-refractivity contribution is -0.0581. The van der Waals surface area contributed by atoms with Gasteiger partial charge in [-0.05, 0) is 37.3 Å². The van der Waals surface area contributed by atoms with E-state index in [9.17, 15) is 9.90 Å². The minimum Gasteiger partial charge on any atom is -0.502 e. The van der Waals surface area contributed by atoms with Gasteiger partial charge in [-0.1, -0.05) is 0 Å². The van der Waals surface area contributed by atoms with Crippen LogP contribution in [0.1, 0.15) is 29.6 Å². The molecule has 26 heavy (non-hydrogen) atoms. The predicted octanol–water partition coefficient (Wildman–Crippen LogP) is 1.39. The van der Waals surface area contributed by atoms with Crippen LogP contribution in [0, 0.1) is 5.92 Å². The van der Waals surface area contributed by atoms with E-state index in [2.05, 4.69) is 10.2 Å². The molecular weight excluding hydrogens is 336 g/mol. The van der Waals surface area contributed by atoms with Crippen LogP contribution < -0.4 is 14.8 Å². The van der Waals surface area contributed by atoms with Crippen molar-refractivity contribution in [3.05, 3.63) is 17.7 Å². The highest BCUT2D eigenvalue weighted by Gasteiger charge is 2.42. The summed E-state index contributed by atoms with van der Waals surface area (Å²) in [7, 11) is 2.89. The first kappa shape index (κ1) is 17.4. The zero-order valence-corrected chi connectivity index (χ0v) is 15.2. The maximum absolute atomic E-state index is 12.7. The summed E-state index contributed by atoms with van der Waals surface area (Å²) < 4.78 is 16.3. The van der Waals surface area contributed by atoms with Gasteiger partial charge in [0.1, 0.15) is 0 Å². The normalized spacial score (nSPS) is 28.5. The highest BCUT2D eigenvalue weighted by Crippen LogP contribution is 2.38. The molecule has 3 fully saturated rings. The monoisotopic (exact) mass is 362 g/mol. The largest absolute Gasteiger partial charge is 0.502 e. The van der Waals surface area contributed by atoms with Gasteiger partial charge in [0.05, 0.1) is 26.9 Å². The SMILES string of the molecule is COc1cc(C(=O)N[C@H]2C[C@H]3CO[C@H](C4CC4)CN3C2)cc(OC)c1O. The quantitative estimate of drug-likeness (QED) is 0.824. The first-order valence-corrected chi connectivity index (χ1v) is 9.20. The molecule has 1 aromatic carbocycles. The fourth-order valence-electron chi connectivity index (χ4n) is 4.05. The standard InChI is InChI=1S/C19H26N2O5/c1-24-15-5-12(6-16(25-2)18(15)22)19(23)20-13-7-14-10-26-17(11-3-4-11)9-21(14)8-13/h5-6,11,13-14,17,22H,3-4,7-10H2,1-2H3,(H,20,23)/t13-,14-,17-/m0/s1. The highest BCUT2D eigenvalue weighted by molar-refractivity contribution is 5.95. The third-order valence-corrected chi connectivity index (χ3v) is 5.67. The molecular formula is C19H26N2O5. The molecule has 1 aromatic rings. The Morgan fingerprint density at radius 3 is 2.54 bits per heavy atom. The Balaban J connectivity index is 1.41. The summed E-state index contributed by atoms with van der Waals surface area (Å²) in [5.41, 5.74) is 0.411. The van der Waals surface area contributed by atoms with E-state index in [1.165, 1.54) is 39.2 Å². The Morgan fingerprint density at radius 1 is 1.23 bits per heavy atom. The number of fused-ring (bicyclic) bond motifs is 1. The lowest BCUT2D eigenvalue weighted by Crippen LogP contribution is -2.47. The average Bonchev–Trinajstić information content (AvgIpc) is 3.41. The third kappa shape index (κ3) is 3.33. The predicted molar refractivity (Wildman–Crippen MR) is 94.9 cm³/mol. The van der Waals surface area contributed by atoms with Crippen LogP contribution >= 0.6 is 0 Å². The van der Waals surface area contributed by atoms with E-state index >= 15 is 0 Å². The van der Waals surface area contributed by atoms with E-state index in [-0.39, 0.29) is 29.2 Å². The Kier molecular flexibility index (Phi) is 4.67. The molecule has 142 valence electrons. The number of carbonyl (C=O) groups excluding carboxylic acids is 1. The Morgan fingerprint density at radius 2 is 1.92 bits per heavy atom. The van der Waals surface area contributed by atoms with Crippen LogP contribution in [0.15, 0.2) is 12.1 Å². The minimum absolute atomic E-state index is 0.0971. The van der Waals surface area contributed by atoms with Crippen LogP contribution in [-0.2, 0) is 4.74 Å². The van der Waals surface area contributed by atoms with Crippen LogP contribution in [0.2, 0.25) is 0 Å². The number of ether oxygens (including phenoxy) is 3. The van der Waals surface area contributed by atoms with Gasteiger partial charge in [-0.2, -0.15) is 0 Å². The van der Waals surface area contributed by atoms with Crippen LogP contribution in [0.4, 0.5) is 0 Å². The number of phenols is 1. The highest BCUT2D eigenvalue weighted by atomic mass is 16.5. The maximum Gasteiger partial charge on any atom is 0.251 e. The molecule has 3 atom stereocenters. The molecule has 0 bridgehead atoms. The molecule has 3 aliphatic rings. The van der Waals surface area contributed by atoms with Crippen molar-refractivity contribution in [3.63, 3.8) is 0 Å². The van der Waals surface area contributed by atoms with Crippen LogP contribution in [0.3, 0.4) is 0 Å². The van der Waals surface area contributed by atoms with Crippen LogP contribution in [0.5, 0.6) is 17.2 Å². The van der Waals surface area contributed by atoms with Gasteiger partial charge in [0.25, 0.3) is 5.91 Å². The molecule has 2 saturated heterocycles. The zero-order chi connectivity index (χ0) is 18.3. The fourth-order valence-corrected chi connectivity index (χ4v) is 4.05. The molecule has 1 amide bonds. The van der Waals surface area contributed by atoms with Gasteiger partial charge in [0.15, 0.2) is 11.5 Å². The first-order valence-electron chi connectivity index (χ1n) is 9.20. The number of carbonyl (C=O) groups is 1. The van der Waals surface area contributed by atoms with Crippen molar-refractivity contribution in [1.29, 1.82) is 0 Å². The number of aromatic hydroxyl groups is 1. The van der Waals surface area contributed by atoms with Crippen molar-refractivity contribution in [2.24, 2.45) is 5.92 Å². The summed E-state index contributed by atoms with van der Waals surface area (Å²) in [6, 6.07) is 3.54. The van der Waals surface area contributed by atoms with E-state index in [0.717, 1.165) is 32.0 Å². The smallest absolute Gasteiger partial charge is 0.251 e. The number of hydrogen-bond donors (Lipinski definition) is 2. The molecule has 2 N–H and O–H groups in total. The second kappa shape index (κ2) is 6.96. The number of morpholine rings is 1. The van der Waals surface area contributed by atoms with Crippen LogP contribution in [-0.4, -0.2) is 68.0 Å². The minimum atomic E-state index is -0.189. The van der Waals surface area contributed by atoms with E-state index < -0.39 is 0 Å². The van der Waals surface area contributed by atoms with Gasteiger partial charge in [0.2, 0.25) is 5.75 Å². The van der Waals surface area contributed by atoms with Crippen molar-refractivity contribution < 1.29 is 24.1 Å². The fraction of sp³-hybridized carbons (Fsp3) is 0.632. The summed E-state index contributed by atoms with van der Waals surface area (Å²) >= 11 is 0. The Labute approximate surface area is 153 Å². The zero-order valence-electron chi connectivity index (χ0n) is 15.2. The second-order valence-electron chi connectivity index (χ2n) is 7.45. The Bertz CT molecular complexity index is 666. The molecule has 0 unspecified atom stereocenters. The molecule has 0 aromatic heterocycles. The van der Waals surface area contributed by atoms with E-state index in [4.69, 9.17) is 14.2 Å². The van der Waals surface area contributed by atoms with Crippen molar-refractivity contribution in [2.45, 2.75) is 37.5 Å². The number of rotatable bonds is 5. The van der Waals surface area contributed by atoms with Gasteiger partial charge in [0, 0.05) is 30.7 Å². The van der Waals surface area contributed by atoms with Crippen molar-refractivity contribution in [2.75, 3.05) is 33.9 Å². The Hall–Kier alpha value is -1.99. The second-order valence-corrected chi connectivity index (χ2v) is 7.45. The van der Waals surface area contributed by atoms with Gasteiger partial charge < -0.3 is 24.6 Å². The number of methoxy groups -OCH3 is 2. The third-order valence-electron chi connectivity index (χ3n) is 5.67. The number of amides is 1. The molecule has 1 aliphatic carbocycles. The summed E-state index contributed by atoms with van der Waals surface area (Å²) in [5, 5.41) is 13.1. The number of nitrogens with one attached hydrogen (secondary N) is 1. The topological polar surface area (TPSA) is 80.3 Å². The molecule has 7 heteroatoms.